The van der Waals surface area contributed by atoms with Crippen molar-refractivity contribution in [2.45, 2.75) is 0 Å². The number of rotatable bonds is 3. The topological polar surface area (TPSA) is 13.1 Å². The molecule has 0 N–H and O–H groups in total. The van der Waals surface area contributed by atoms with Crippen LogP contribution in [0.3, 0.4) is 0 Å². The molecule has 0 saturated heterocycles. The van der Waals surface area contributed by atoms with E-state index in [1.807, 2.05) is 18.2 Å². The van der Waals surface area contributed by atoms with Crippen LogP contribution >= 0.6 is 11.6 Å². The largest absolute Gasteiger partial charge is 0.455 e. The van der Waals surface area contributed by atoms with Crippen LogP contribution in [0, 0.1) is 0 Å². The Labute approximate surface area is 236 Å². The Morgan fingerprint density at radius 2 is 0.975 bits per heavy atom. The van der Waals surface area contributed by atoms with Gasteiger partial charge in [0, 0.05) is 26.9 Å². The van der Waals surface area contributed by atoms with Crippen LogP contribution in [0.2, 0.25) is 5.02 Å². The van der Waals surface area contributed by atoms with Gasteiger partial charge >= 0.3 is 0 Å². The maximum Gasteiger partial charge on any atom is 0.143 e. The van der Waals surface area contributed by atoms with E-state index in [0.717, 1.165) is 27.5 Å². The van der Waals surface area contributed by atoms with Crippen molar-refractivity contribution < 1.29 is 4.42 Å². The Balaban J connectivity index is 1.47. The normalized spacial score (nSPS) is 11.6. The van der Waals surface area contributed by atoms with E-state index in [9.17, 15) is 0 Å². The maximum atomic E-state index is 6.51. The van der Waals surface area contributed by atoms with Crippen molar-refractivity contribution in [3.8, 4) is 33.4 Å². The third kappa shape index (κ3) is 3.56. The van der Waals surface area contributed by atoms with Gasteiger partial charge in [0.15, 0.2) is 0 Å². The van der Waals surface area contributed by atoms with E-state index >= 15 is 0 Å². The molecule has 188 valence electrons. The highest BCUT2D eigenvalue weighted by Crippen LogP contribution is 2.46. The number of hydrogen-bond donors (Lipinski definition) is 0. The van der Waals surface area contributed by atoms with Crippen LogP contribution in [0.4, 0.5) is 0 Å². The van der Waals surface area contributed by atoms with E-state index < -0.39 is 0 Å². The summed E-state index contributed by atoms with van der Waals surface area (Å²) in [4.78, 5) is 0. The molecule has 0 aliphatic rings. The molecule has 8 rings (SSSR count). The third-order valence-corrected chi connectivity index (χ3v) is 8.15. The van der Waals surface area contributed by atoms with E-state index in [-0.39, 0.29) is 0 Å². The Kier molecular flexibility index (Phi) is 5.26. The zero-order valence-electron chi connectivity index (χ0n) is 21.6. The summed E-state index contributed by atoms with van der Waals surface area (Å²) in [6.07, 6.45) is 0. The molecule has 0 fully saturated rings. The Bertz CT molecular complexity index is 2170. The molecule has 2 heteroatoms. The summed E-state index contributed by atoms with van der Waals surface area (Å²) in [6.45, 7) is 0. The van der Waals surface area contributed by atoms with Gasteiger partial charge in [-0.3, -0.25) is 0 Å². The summed E-state index contributed by atoms with van der Waals surface area (Å²) in [7, 11) is 0. The number of para-hydroxylation sites is 1. The molecule has 0 atom stereocenters. The molecule has 8 aromatic rings. The molecular weight excluding hydrogens is 508 g/mol. The first kappa shape index (κ1) is 23.1. The number of fused-ring (bicyclic) bond motifs is 5. The summed E-state index contributed by atoms with van der Waals surface area (Å²) in [5.41, 5.74) is 8.87. The Morgan fingerprint density at radius 1 is 0.400 bits per heavy atom. The second-order valence-electron chi connectivity index (χ2n) is 10.2. The van der Waals surface area contributed by atoms with Crippen molar-refractivity contribution in [1.82, 2.24) is 0 Å². The summed E-state index contributed by atoms with van der Waals surface area (Å²) in [5.74, 6) is 0. The van der Waals surface area contributed by atoms with Crippen molar-refractivity contribution in [1.29, 1.82) is 0 Å². The number of halogens is 1. The van der Waals surface area contributed by atoms with E-state index in [1.165, 1.54) is 49.4 Å². The Morgan fingerprint density at radius 3 is 1.70 bits per heavy atom. The van der Waals surface area contributed by atoms with Crippen molar-refractivity contribution in [2.75, 3.05) is 0 Å². The SMILES string of the molecule is Clc1ccc2oc3c(-c4c5ccccc5c(-c5cccc(-c6ccccc6)c5)c5ccccc45)cccc3c2c1. The minimum Gasteiger partial charge on any atom is -0.455 e. The highest BCUT2D eigenvalue weighted by atomic mass is 35.5. The molecule has 0 saturated carbocycles. The molecule has 1 heterocycles. The maximum absolute atomic E-state index is 6.51. The summed E-state index contributed by atoms with van der Waals surface area (Å²) in [5, 5.41) is 7.66. The first-order chi connectivity index (χ1) is 19.8. The lowest BCUT2D eigenvalue weighted by atomic mass is 9.85. The van der Waals surface area contributed by atoms with Gasteiger partial charge < -0.3 is 4.42 Å². The summed E-state index contributed by atoms with van der Waals surface area (Å²) < 4.78 is 6.51. The fourth-order valence-electron chi connectivity index (χ4n) is 6.18. The van der Waals surface area contributed by atoms with Crippen LogP contribution in [-0.4, -0.2) is 0 Å². The highest BCUT2D eigenvalue weighted by Gasteiger charge is 2.20. The predicted molar refractivity (Wildman–Crippen MR) is 170 cm³/mol. The van der Waals surface area contributed by atoms with Crippen molar-refractivity contribution in [2.24, 2.45) is 0 Å². The molecular formula is C38H23ClO. The molecule has 40 heavy (non-hydrogen) atoms. The first-order valence-corrected chi connectivity index (χ1v) is 13.8. The summed E-state index contributed by atoms with van der Waals surface area (Å²) >= 11 is 6.37. The average molecular weight is 531 g/mol. The first-order valence-electron chi connectivity index (χ1n) is 13.5. The van der Waals surface area contributed by atoms with Crippen LogP contribution in [0.1, 0.15) is 0 Å². The van der Waals surface area contributed by atoms with E-state index in [2.05, 4.69) is 121 Å². The van der Waals surface area contributed by atoms with Crippen molar-refractivity contribution in [3.63, 3.8) is 0 Å². The molecule has 1 nitrogen and oxygen atoms in total. The molecule has 0 spiro atoms. The molecule has 1 aromatic heterocycles. The van der Waals surface area contributed by atoms with Gasteiger partial charge in [0.25, 0.3) is 0 Å². The van der Waals surface area contributed by atoms with Crippen LogP contribution in [0.15, 0.2) is 144 Å². The molecule has 7 aromatic carbocycles. The van der Waals surface area contributed by atoms with Gasteiger partial charge in [-0.15, -0.1) is 0 Å². The predicted octanol–water partition coefficient (Wildman–Crippen LogP) is 11.5. The van der Waals surface area contributed by atoms with E-state index in [0.29, 0.717) is 5.02 Å². The lowest BCUT2D eigenvalue weighted by Crippen LogP contribution is -1.91. The van der Waals surface area contributed by atoms with Crippen LogP contribution in [-0.2, 0) is 0 Å². The molecule has 0 amide bonds. The molecule has 0 radical (unpaired) electrons. The molecule has 0 unspecified atom stereocenters. The monoisotopic (exact) mass is 530 g/mol. The molecule has 0 aliphatic heterocycles. The second-order valence-corrected chi connectivity index (χ2v) is 10.6. The lowest BCUT2D eigenvalue weighted by Gasteiger charge is -2.18. The standard InChI is InChI=1S/C38H23ClO/c39-27-20-21-35-34(23-27)32-18-9-19-33(38(32)40-35)37-30-16-6-4-14-28(30)36(29-15-5-7-17-31(29)37)26-13-8-12-25(22-26)24-10-2-1-3-11-24/h1-23H. The van der Waals surface area contributed by atoms with Gasteiger partial charge in [-0.25, -0.2) is 0 Å². The van der Waals surface area contributed by atoms with Gasteiger partial charge in [0.05, 0.1) is 0 Å². The van der Waals surface area contributed by atoms with Gasteiger partial charge in [-0.2, -0.15) is 0 Å². The van der Waals surface area contributed by atoms with Crippen LogP contribution in [0.5, 0.6) is 0 Å². The minimum atomic E-state index is 0.707. The smallest absolute Gasteiger partial charge is 0.143 e. The Hall–Kier alpha value is -4.85. The van der Waals surface area contributed by atoms with Crippen LogP contribution in [0.25, 0.3) is 76.9 Å². The number of furan rings is 1. The average Bonchev–Trinajstić information content (AvgIpc) is 3.38. The third-order valence-electron chi connectivity index (χ3n) is 7.92. The highest BCUT2D eigenvalue weighted by molar-refractivity contribution is 6.32. The van der Waals surface area contributed by atoms with Gasteiger partial charge in [0.2, 0.25) is 0 Å². The van der Waals surface area contributed by atoms with Crippen LogP contribution < -0.4 is 0 Å². The van der Waals surface area contributed by atoms with Crippen molar-refractivity contribution in [3.05, 3.63) is 145 Å². The lowest BCUT2D eigenvalue weighted by molar-refractivity contribution is 0.670. The summed E-state index contributed by atoms with van der Waals surface area (Å²) in [6, 6.07) is 49.2. The van der Waals surface area contributed by atoms with E-state index in [4.69, 9.17) is 16.0 Å². The number of benzene rings is 7. The minimum absolute atomic E-state index is 0.707. The zero-order chi connectivity index (χ0) is 26.6. The van der Waals surface area contributed by atoms with E-state index in [1.54, 1.807) is 0 Å². The van der Waals surface area contributed by atoms with Gasteiger partial charge in [0.1, 0.15) is 11.2 Å². The zero-order valence-corrected chi connectivity index (χ0v) is 22.3. The fourth-order valence-corrected chi connectivity index (χ4v) is 6.35. The molecule has 0 aliphatic carbocycles. The van der Waals surface area contributed by atoms with Gasteiger partial charge in [-0.05, 0) is 68.1 Å². The quantitative estimate of drug-likeness (QED) is 0.207. The van der Waals surface area contributed by atoms with Gasteiger partial charge in [-0.1, -0.05) is 127 Å². The van der Waals surface area contributed by atoms with Crippen molar-refractivity contribution >= 4 is 55.1 Å². The molecule has 0 bridgehead atoms. The number of hydrogen-bond acceptors (Lipinski definition) is 1. The second kappa shape index (κ2) is 9.12. The fraction of sp³-hybridized carbons (Fsp3) is 0.